The van der Waals surface area contributed by atoms with Crippen LogP contribution >= 0.6 is 15.9 Å². The van der Waals surface area contributed by atoms with Crippen molar-refractivity contribution in [1.29, 1.82) is 0 Å². The zero-order chi connectivity index (χ0) is 19.2. The summed E-state index contributed by atoms with van der Waals surface area (Å²) in [5.74, 6) is 0. The first-order valence-electron chi connectivity index (χ1n) is 8.24. The number of benzene rings is 1. The van der Waals surface area contributed by atoms with Crippen molar-refractivity contribution in [2.75, 3.05) is 0 Å². The highest BCUT2D eigenvalue weighted by atomic mass is 79.9. The second-order valence-corrected chi connectivity index (χ2v) is 11.0. The van der Waals surface area contributed by atoms with Crippen molar-refractivity contribution in [2.45, 2.75) is 29.5 Å². The molecule has 1 saturated carbocycles. The fraction of sp³-hybridized carbons (Fsp3) is 0.235. The fourth-order valence-electron chi connectivity index (χ4n) is 2.86. The minimum atomic E-state index is -3.94. The minimum Gasteiger partial charge on any atom is -0.237 e. The number of sulfonamides is 1. The third kappa shape index (κ3) is 3.42. The molecule has 0 bridgehead atoms. The van der Waals surface area contributed by atoms with Crippen molar-refractivity contribution >= 4 is 47.0 Å². The van der Waals surface area contributed by atoms with Gasteiger partial charge in [0.05, 0.1) is 22.4 Å². The Bertz CT molecular complexity index is 1220. The molecule has 0 atom stereocenters. The number of pyridine rings is 1. The molecule has 0 radical (unpaired) electrons. The van der Waals surface area contributed by atoms with Crippen LogP contribution in [0.4, 0.5) is 0 Å². The molecule has 142 valence electrons. The first-order chi connectivity index (χ1) is 12.8. The van der Waals surface area contributed by atoms with E-state index in [0.29, 0.717) is 28.4 Å². The second-order valence-electron chi connectivity index (χ2n) is 6.31. The van der Waals surface area contributed by atoms with Gasteiger partial charge in [0.25, 0.3) is 10.0 Å². The zero-order valence-electron chi connectivity index (χ0n) is 14.0. The molecule has 4 rings (SSSR count). The Morgan fingerprint density at radius 2 is 1.81 bits per heavy atom. The summed E-state index contributed by atoms with van der Waals surface area (Å²) in [6.07, 6.45) is 2.77. The maximum atomic E-state index is 13.2. The summed E-state index contributed by atoms with van der Waals surface area (Å²) < 4.78 is 55.2. The number of aromatic nitrogens is 2. The predicted octanol–water partition coefficient (Wildman–Crippen LogP) is 2.62. The van der Waals surface area contributed by atoms with E-state index in [2.05, 4.69) is 25.6 Å². The van der Waals surface area contributed by atoms with Gasteiger partial charge in [0.15, 0.2) is 5.65 Å². The molecule has 1 aliphatic rings. The van der Waals surface area contributed by atoms with E-state index in [4.69, 9.17) is 0 Å². The Morgan fingerprint density at radius 3 is 2.48 bits per heavy atom. The molecule has 7 nitrogen and oxygen atoms in total. The molecule has 10 heteroatoms. The molecule has 0 aliphatic heterocycles. The number of fused-ring (bicyclic) bond motifs is 1. The van der Waals surface area contributed by atoms with Gasteiger partial charge >= 0.3 is 0 Å². The molecule has 0 spiro atoms. The summed E-state index contributed by atoms with van der Waals surface area (Å²) >= 11 is 3.40. The summed E-state index contributed by atoms with van der Waals surface area (Å²) in [6.45, 7) is -0.131. The Balaban J connectivity index is 1.86. The molecular formula is C17H16BrN3O4S2. The highest BCUT2D eigenvalue weighted by Crippen LogP contribution is 2.31. The smallest absolute Gasteiger partial charge is 0.237 e. The first kappa shape index (κ1) is 18.6. The quantitative estimate of drug-likeness (QED) is 0.598. The van der Waals surface area contributed by atoms with Crippen molar-refractivity contribution < 1.29 is 16.8 Å². The van der Waals surface area contributed by atoms with E-state index >= 15 is 0 Å². The number of nitrogens with zero attached hydrogens (tertiary/aromatic N) is 2. The lowest BCUT2D eigenvalue weighted by Gasteiger charge is -2.12. The number of hydrogen-bond donors (Lipinski definition) is 1. The monoisotopic (exact) mass is 469 g/mol. The largest absolute Gasteiger partial charge is 0.269 e. The maximum Gasteiger partial charge on any atom is 0.269 e. The van der Waals surface area contributed by atoms with Gasteiger partial charge in [-0.25, -0.2) is 30.5 Å². The lowest BCUT2D eigenvalue weighted by atomic mass is 10.3. The van der Waals surface area contributed by atoms with E-state index in [1.54, 1.807) is 30.3 Å². The maximum absolute atomic E-state index is 13.2. The van der Waals surface area contributed by atoms with E-state index in [-0.39, 0.29) is 22.3 Å². The zero-order valence-corrected chi connectivity index (χ0v) is 17.3. The van der Waals surface area contributed by atoms with Crippen molar-refractivity contribution in [1.82, 2.24) is 13.7 Å². The molecular weight excluding hydrogens is 454 g/mol. The number of nitrogens with one attached hydrogen (secondary N) is 1. The van der Waals surface area contributed by atoms with Crippen LogP contribution in [0.15, 0.2) is 58.0 Å². The second kappa shape index (κ2) is 6.69. The highest BCUT2D eigenvalue weighted by molar-refractivity contribution is 9.10. The van der Waals surface area contributed by atoms with Gasteiger partial charge in [-0.05, 0) is 53.0 Å². The van der Waals surface area contributed by atoms with E-state index in [9.17, 15) is 16.8 Å². The van der Waals surface area contributed by atoms with E-state index in [1.807, 2.05) is 0 Å². The Hall–Kier alpha value is -1.75. The molecule has 1 aromatic carbocycles. The lowest BCUT2D eigenvalue weighted by molar-refractivity contribution is 0.574. The standard InChI is InChI=1S/C17H16BrN3O4S2/c18-16-8-9-19-17-15(16)10-12(11-20-26(22,23)13-6-7-13)21(17)27(24,25)14-4-2-1-3-5-14/h1-5,8-10,13,20H,6-7,11H2. The van der Waals surface area contributed by atoms with Gasteiger partial charge in [-0.3, -0.25) is 0 Å². The van der Waals surface area contributed by atoms with Crippen LogP contribution in [0.1, 0.15) is 18.5 Å². The van der Waals surface area contributed by atoms with Crippen LogP contribution in [-0.2, 0) is 26.6 Å². The normalized spacial score (nSPS) is 15.3. The molecule has 1 aliphatic carbocycles. The summed E-state index contributed by atoms with van der Waals surface area (Å²) in [4.78, 5) is 4.33. The van der Waals surface area contributed by atoms with E-state index in [0.717, 1.165) is 3.97 Å². The SMILES string of the molecule is O=S(=O)(NCc1cc2c(Br)ccnc2n1S(=O)(=O)c1ccccc1)C1CC1. The molecule has 2 aromatic heterocycles. The average Bonchev–Trinajstić information content (AvgIpc) is 3.43. The lowest BCUT2D eigenvalue weighted by Crippen LogP contribution is -2.28. The van der Waals surface area contributed by atoms with Gasteiger partial charge in [0, 0.05) is 16.1 Å². The minimum absolute atomic E-state index is 0.107. The molecule has 27 heavy (non-hydrogen) atoms. The predicted molar refractivity (Wildman–Crippen MR) is 105 cm³/mol. The summed E-state index contributed by atoms with van der Waals surface area (Å²) in [5.41, 5.74) is 0.548. The number of hydrogen-bond acceptors (Lipinski definition) is 5. The third-order valence-electron chi connectivity index (χ3n) is 4.38. The fourth-order valence-corrected chi connectivity index (χ4v) is 6.12. The van der Waals surface area contributed by atoms with Gasteiger partial charge in [0.2, 0.25) is 10.0 Å². The topological polar surface area (TPSA) is 98.1 Å². The Labute approximate surface area is 165 Å². The van der Waals surface area contributed by atoms with Gasteiger partial charge in [-0.2, -0.15) is 0 Å². The van der Waals surface area contributed by atoms with Gasteiger partial charge in [-0.1, -0.05) is 18.2 Å². The molecule has 0 unspecified atom stereocenters. The summed E-state index contributed by atoms with van der Waals surface area (Å²) in [6, 6.07) is 11.3. The van der Waals surface area contributed by atoms with Crippen LogP contribution in [0.2, 0.25) is 0 Å². The molecule has 2 heterocycles. The van der Waals surface area contributed by atoms with Gasteiger partial charge in [-0.15, -0.1) is 0 Å². The van der Waals surface area contributed by atoms with Crippen LogP contribution in [0.3, 0.4) is 0 Å². The van der Waals surface area contributed by atoms with Crippen LogP contribution in [0, 0.1) is 0 Å². The number of rotatable bonds is 6. The van der Waals surface area contributed by atoms with Gasteiger partial charge in [0.1, 0.15) is 0 Å². The van der Waals surface area contributed by atoms with Crippen LogP contribution < -0.4 is 4.72 Å². The number of halogens is 1. The van der Waals surface area contributed by atoms with E-state index in [1.165, 1.54) is 18.3 Å². The molecule has 1 fully saturated rings. The Morgan fingerprint density at radius 1 is 1.11 bits per heavy atom. The average molecular weight is 470 g/mol. The van der Waals surface area contributed by atoms with Crippen molar-refractivity contribution in [3.05, 3.63) is 58.8 Å². The Kier molecular flexibility index (Phi) is 4.61. The highest BCUT2D eigenvalue weighted by Gasteiger charge is 2.36. The summed E-state index contributed by atoms with van der Waals surface area (Å²) in [5, 5.41) is 0.212. The van der Waals surface area contributed by atoms with Crippen molar-refractivity contribution in [3.8, 4) is 0 Å². The summed E-state index contributed by atoms with van der Waals surface area (Å²) in [7, 11) is -7.39. The molecule has 3 aromatic rings. The van der Waals surface area contributed by atoms with Gasteiger partial charge < -0.3 is 0 Å². The van der Waals surface area contributed by atoms with Crippen LogP contribution in [0.25, 0.3) is 11.0 Å². The third-order valence-corrected chi connectivity index (χ3v) is 8.72. The molecule has 1 N–H and O–H groups in total. The van der Waals surface area contributed by atoms with Crippen molar-refractivity contribution in [3.63, 3.8) is 0 Å². The van der Waals surface area contributed by atoms with Crippen molar-refractivity contribution in [2.24, 2.45) is 0 Å². The first-order valence-corrected chi connectivity index (χ1v) is 12.0. The van der Waals surface area contributed by atoms with E-state index < -0.39 is 20.0 Å². The molecule has 0 amide bonds. The van der Waals surface area contributed by atoms with Crippen LogP contribution in [-0.4, -0.2) is 31.0 Å². The molecule has 0 saturated heterocycles. The van der Waals surface area contributed by atoms with Crippen LogP contribution in [0.5, 0.6) is 0 Å².